The molecule has 2 nitrogen and oxygen atoms in total. The monoisotopic (exact) mass is 239 g/mol. The zero-order valence-corrected chi connectivity index (χ0v) is 11.3. The minimum Gasteiger partial charge on any atom is -0.494 e. The van der Waals surface area contributed by atoms with E-state index in [-0.39, 0.29) is 11.2 Å². The first-order valence-corrected chi connectivity index (χ1v) is 5.91. The van der Waals surface area contributed by atoms with Crippen molar-refractivity contribution in [3.8, 4) is 5.75 Å². The second kappa shape index (κ2) is 5.50. The quantitative estimate of drug-likeness (QED) is 0.870. The van der Waals surface area contributed by atoms with Gasteiger partial charge in [0.1, 0.15) is 0 Å². The molecule has 1 unspecified atom stereocenters. The van der Waals surface area contributed by atoms with Crippen LogP contribution in [0.4, 0.5) is 4.39 Å². The number of rotatable bonds is 4. The van der Waals surface area contributed by atoms with E-state index in [1.807, 2.05) is 0 Å². The van der Waals surface area contributed by atoms with Crippen LogP contribution in [0.5, 0.6) is 5.75 Å². The van der Waals surface area contributed by atoms with Gasteiger partial charge in [-0.3, -0.25) is 0 Å². The Balaban J connectivity index is 2.70. The summed E-state index contributed by atoms with van der Waals surface area (Å²) in [5.74, 6) is 0.0244. The maximum absolute atomic E-state index is 13.9. The van der Waals surface area contributed by atoms with Gasteiger partial charge < -0.3 is 10.1 Å². The number of halogens is 1. The highest BCUT2D eigenvalue weighted by molar-refractivity contribution is 5.30. The number of nitrogens with one attached hydrogen (secondary N) is 1. The molecule has 1 rings (SSSR count). The van der Waals surface area contributed by atoms with E-state index in [9.17, 15) is 4.39 Å². The van der Waals surface area contributed by atoms with E-state index in [1.165, 1.54) is 7.11 Å². The molecule has 0 fully saturated rings. The van der Waals surface area contributed by atoms with Crippen molar-refractivity contribution >= 4 is 0 Å². The van der Waals surface area contributed by atoms with E-state index in [4.69, 9.17) is 4.74 Å². The van der Waals surface area contributed by atoms with Crippen molar-refractivity contribution in [1.29, 1.82) is 0 Å². The molecule has 1 aromatic rings. The van der Waals surface area contributed by atoms with Crippen LogP contribution in [0.2, 0.25) is 0 Å². The van der Waals surface area contributed by atoms with E-state index in [1.54, 1.807) is 18.2 Å². The van der Waals surface area contributed by atoms with Gasteiger partial charge in [0.25, 0.3) is 0 Å². The van der Waals surface area contributed by atoms with Gasteiger partial charge in [0.05, 0.1) is 7.11 Å². The lowest BCUT2D eigenvalue weighted by atomic mass is 9.88. The Bertz CT molecular complexity index is 371. The van der Waals surface area contributed by atoms with Gasteiger partial charge in [0.15, 0.2) is 11.6 Å². The molecule has 1 aromatic carbocycles. The second-order valence-electron chi connectivity index (χ2n) is 5.40. The lowest BCUT2D eigenvalue weighted by Gasteiger charge is -2.28. The van der Waals surface area contributed by atoms with Crippen molar-refractivity contribution in [2.75, 3.05) is 7.11 Å². The minimum absolute atomic E-state index is 0.162. The topological polar surface area (TPSA) is 21.3 Å². The van der Waals surface area contributed by atoms with Crippen LogP contribution in [0.15, 0.2) is 18.2 Å². The van der Waals surface area contributed by atoms with Gasteiger partial charge in [-0.2, -0.15) is 0 Å². The maximum Gasteiger partial charge on any atom is 0.169 e. The second-order valence-corrected chi connectivity index (χ2v) is 5.40. The molecule has 0 aliphatic rings. The Hall–Kier alpha value is -1.09. The van der Waals surface area contributed by atoms with Gasteiger partial charge in [-0.1, -0.05) is 32.9 Å². The Morgan fingerprint density at radius 1 is 1.35 bits per heavy atom. The highest BCUT2D eigenvalue weighted by atomic mass is 19.1. The lowest BCUT2D eigenvalue weighted by Crippen LogP contribution is -2.37. The van der Waals surface area contributed by atoms with Crippen molar-refractivity contribution in [3.05, 3.63) is 29.6 Å². The molecule has 0 radical (unpaired) electrons. The van der Waals surface area contributed by atoms with Crippen molar-refractivity contribution in [3.63, 3.8) is 0 Å². The molecule has 17 heavy (non-hydrogen) atoms. The standard InChI is InChI=1S/C14H22FNO/c1-10(14(2,3)4)16-9-11-7-6-8-12(17-5)13(11)15/h6-8,10,16H,9H2,1-5H3. The molecule has 0 bridgehead atoms. The highest BCUT2D eigenvalue weighted by Crippen LogP contribution is 2.22. The summed E-state index contributed by atoms with van der Waals surface area (Å²) in [6.07, 6.45) is 0. The van der Waals surface area contributed by atoms with E-state index in [2.05, 4.69) is 33.0 Å². The fraction of sp³-hybridized carbons (Fsp3) is 0.571. The molecule has 1 atom stereocenters. The normalized spacial score (nSPS) is 13.5. The predicted molar refractivity (Wildman–Crippen MR) is 68.7 cm³/mol. The van der Waals surface area contributed by atoms with Crippen molar-refractivity contribution in [2.45, 2.75) is 40.3 Å². The Morgan fingerprint density at radius 3 is 2.53 bits per heavy atom. The van der Waals surface area contributed by atoms with E-state index >= 15 is 0 Å². The first-order chi connectivity index (χ1) is 7.86. The molecule has 1 N–H and O–H groups in total. The van der Waals surface area contributed by atoms with E-state index in [0.717, 1.165) is 0 Å². The SMILES string of the molecule is COc1cccc(CNC(C)C(C)(C)C)c1F. The molecule has 3 heteroatoms. The first kappa shape index (κ1) is 14.0. The van der Waals surface area contributed by atoms with Gasteiger partial charge in [0.2, 0.25) is 0 Å². The molecule has 96 valence electrons. The van der Waals surface area contributed by atoms with Crippen LogP contribution in [0.1, 0.15) is 33.3 Å². The fourth-order valence-corrected chi connectivity index (χ4v) is 1.42. The van der Waals surface area contributed by atoms with Crippen LogP contribution in [0, 0.1) is 11.2 Å². The summed E-state index contributed by atoms with van der Waals surface area (Å²) in [6.45, 7) is 9.10. The molecule has 0 aliphatic carbocycles. The van der Waals surface area contributed by atoms with Crippen molar-refractivity contribution < 1.29 is 9.13 Å². The molecular weight excluding hydrogens is 217 g/mol. The summed E-state index contributed by atoms with van der Waals surface area (Å²) >= 11 is 0. The molecule has 0 saturated carbocycles. The third-order valence-electron chi connectivity index (χ3n) is 3.16. The van der Waals surface area contributed by atoms with Gasteiger partial charge >= 0.3 is 0 Å². The zero-order valence-electron chi connectivity index (χ0n) is 11.3. The molecule has 0 heterocycles. The molecule has 0 aromatic heterocycles. The Labute approximate surface area is 103 Å². The van der Waals surface area contributed by atoms with E-state index < -0.39 is 0 Å². The molecule has 0 spiro atoms. The van der Waals surface area contributed by atoms with Crippen LogP contribution in [-0.2, 0) is 6.54 Å². The zero-order chi connectivity index (χ0) is 13.1. The first-order valence-electron chi connectivity index (χ1n) is 5.91. The minimum atomic E-state index is -0.274. The van der Waals surface area contributed by atoms with Crippen molar-refractivity contribution in [1.82, 2.24) is 5.32 Å². The van der Waals surface area contributed by atoms with Gasteiger partial charge in [-0.05, 0) is 18.4 Å². The summed E-state index contributed by atoms with van der Waals surface area (Å²) < 4.78 is 18.8. The molecule has 0 amide bonds. The van der Waals surface area contributed by atoms with Crippen LogP contribution in [0.3, 0.4) is 0 Å². The van der Waals surface area contributed by atoms with Crippen LogP contribution < -0.4 is 10.1 Å². The summed E-state index contributed by atoms with van der Waals surface area (Å²) in [5, 5.41) is 3.34. The van der Waals surface area contributed by atoms with E-state index in [0.29, 0.717) is 23.9 Å². The maximum atomic E-state index is 13.9. The predicted octanol–water partition coefficient (Wildman–Crippen LogP) is 3.36. The number of benzene rings is 1. The van der Waals surface area contributed by atoms with Gasteiger partial charge in [-0.15, -0.1) is 0 Å². The summed E-state index contributed by atoms with van der Waals surface area (Å²) in [6, 6.07) is 5.53. The largest absolute Gasteiger partial charge is 0.494 e. The number of hydrogen-bond donors (Lipinski definition) is 1. The Kier molecular flexibility index (Phi) is 4.52. The average Bonchev–Trinajstić information content (AvgIpc) is 2.26. The number of ether oxygens (including phenoxy) is 1. The average molecular weight is 239 g/mol. The number of methoxy groups -OCH3 is 1. The summed E-state index contributed by atoms with van der Waals surface area (Å²) in [4.78, 5) is 0. The number of hydrogen-bond acceptors (Lipinski definition) is 2. The van der Waals surface area contributed by atoms with Gasteiger partial charge in [-0.25, -0.2) is 4.39 Å². The third kappa shape index (κ3) is 3.70. The fourth-order valence-electron chi connectivity index (χ4n) is 1.42. The van der Waals surface area contributed by atoms with Gasteiger partial charge in [0, 0.05) is 18.2 Å². The third-order valence-corrected chi connectivity index (χ3v) is 3.16. The molecule has 0 saturated heterocycles. The van der Waals surface area contributed by atoms with Crippen LogP contribution in [-0.4, -0.2) is 13.2 Å². The summed E-state index contributed by atoms with van der Waals surface area (Å²) in [5.41, 5.74) is 0.801. The molecule has 0 aliphatic heterocycles. The summed E-state index contributed by atoms with van der Waals surface area (Å²) in [7, 11) is 1.48. The van der Waals surface area contributed by atoms with Crippen molar-refractivity contribution in [2.24, 2.45) is 5.41 Å². The highest BCUT2D eigenvalue weighted by Gasteiger charge is 2.19. The lowest BCUT2D eigenvalue weighted by molar-refractivity contribution is 0.283. The van der Waals surface area contributed by atoms with Crippen LogP contribution in [0.25, 0.3) is 0 Å². The Morgan fingerprint density at radius 2 is 2.00 bits per heavy atom. The van der Waals surface area contributed by atoms with Crippen LogP contribution >= 0.6 is 0 Å². The molecular formula is C14H22FNO. The smallest absolute Gasteiger partial charge is 0.169 e.